The average molecular weight is 249 g/mol. The summed E-state index contributed by atoms with van der Waals surface area (Å²) in [5.74, 6) is 0.653. The number of anilines is 2. The van der Waals surface area contributed by atoms with E-state index in [2.05, 4.69) is 10.3 Å². The van der Waals surface area contributed by atoms with Gasteiger partial charge in [0.05, 0.1) is 6.61 Å². The summed E-state index contributed by atoms with van der Waals surface area (Å²) in [6.07, 6.45) is 1.68. The van der Waals surface area contributed by atoms with E-state index in [9.17, 15) is 5.11 Å². The van der Waals surface area contributed by atoms with Gasteiger partial charge in [-0.3, -0.25) is 0 Å². The summed E-state index contributed by atoms with van der Waals surface area (Å²) in [7, 11) is 0. The minimum absolute atomic E-state index is 0.0458. The second kappa shape index (κ2) is 5.17. The SMILES string of the molecule is Cc1c(Cl)cccc1Nc1ncccc1CO. The first-order valence-corrected chi connectivity index (χ1v) is 5.67. The number of hydrogen-bond acceptors (Lipinski definition) is 3. The molecular formula is C13H13ClN2O. The maximum atomic E-state index is 9.21. The molecule has 1 heterocycles. The molecule has 0 fully saturated rings. The lowest BCUT2D eigenvalue weighted by Gasteiger charge is -2.12. The molecule has 2 aromatic rings. The van der Waals surface area contributed by atoms with E-state index >= 15 is 0 Å². The molecule has 0 saturated heterocycles. The van der Waals surface area contributed by atoms with Crippen LogP contribution in [0.15, 0.2) is 36.5 Å². The third-order valence-electron chi connectivity index (χ3n) is 2.58. The fourth-order valence-corrected chi connectivity index (χ4v) is 1.72. The van der Waals surface area contributed by atoms with Gasteiger partial charge >= 0.3 is 0 Å². The molecule has 0 bridgehead atoms. The van der Waals surface area contributed by atoms with E-state index in [1.807, 2.05) is 31.2 Å². The van der Waals surface area contributed by atoms with Crippen LogP contribution in [0, 0.1) is 6.92 Å². The minimum atomic E-state index is -0.0458. The molecule has 0 atom stereocenters. The van der Waals surface area contributed by atoms with Crippen LogP contribution in [0.4, 0.5) is 11.5 Å². The lowest BCUT2D eigenvalue weighted by molar-refractivity contribution is 0.282. The molecule has 0 amide bonds. The van der Waals surface area contributed by atoms with Crippen LogP contribution in [0.2, 0.25) is 5.02 Å². The molecule has 0 aliphatic carbocycles. The van der Waals surface area contributed by atoms with Crippen molar-refractivity contribution < 1.29 is 5.11 Å². The van der Waals surface area contributed by atoms with E-state index in [1.54, 1.807) is 12.3 Å². The number of nitrogens with one attached hydrogen (secondary N) is 1. The molecule has 88 valence electrons. The number of nitrogens with zero attached hydrogens (tertiary/aromatic N) is 1. The molecule has 0 radical (unpaired) electrons. The Labute approximate surface area is 105 Å². The van der Waals surface area contributed by atoms with E-state index in [0.717, 1.165) is 16.8 Å². The largest absolute Gasteiger partial charge is 0.392 e. The summed E-state index contributed by atoms with van der Waals surface area (Å²) in [6, 6.07) is 9.26. The van der Waals surface area contributed by atoms with Gasteiger partial charge in [0.1, 0.15) is 5.82 Å². The highest BCUT2D eigenvalue weighted by Crippen LogP contribution is 2.26. The monoisotopic (exact) mass is 248 g/mol. The van der Waals surface area contributed by atoms with E-state index in [-0.39, 0.29) is 6.61 Å². The van der Waals surface area contributed by atoms with Crippen molar-refractivity contribution in [3.8, 4) is 0 Å². The molecular weight excluding hydrogens is 236 g/mol. The van der Waals surface area contributed by atoms with Crippen LogP contribution in [-0.4, -0.2) is 10.1 Å². The second-order valence-corrected chi connectivity index (χ2v) is 4.11. The maximum Gasteiger partial charge on any atom is 0.135 e. The Morgan fingerprint density at radius 3 is 2.88 bits per heavy atom. The van der Waals surface area contributed by atoms with Crippen LogP contribution in [0.5, 0.6) is 0 Å². The van der Waals surface area contributed by atoms with Gasteiger partial charge in [0.15, 0.2) is 0 Å². The summed E-state index contributed by atoms with van der Waals surface area (Å²) in [6.45, 7) is 1.89. The first-order valence-electron chi connectivity index (χ1n) is 5.29. The van der Waals surface area contributed by atoms with Crippen molar-refractivity contribution in [2.75, 3.05) is 5.32 Å². The molecule has 3 nitrogen and oxygen atoms in total. The fourth-order valence-electron chi connectivity index (χ4n) is 1.55. The highest BCUT2D eigenvalue weighted by molar-refractivity contribution is 6.31. The Morgan fingerprint density at radius 1 is 1.29 bits per heavy atom. The lowest BCUT2D eigenvalue weighted by atomic mass is 10.2. The van der Waals surface area contributed by atoms with Crippen LogP contribution in [0.1, 0.15) is 11.1 Å². The number of halogens is 1. The number of aliphatic hydroxyl groups excluding tert-OH is 1. The zero-order chi connectivity index (χ0) is 12.3. The number of benzene rings is 1. The summed E-state index contributed by atoms with van der Waals surface area (Å²) < 4.78 is 0. The van der Waals surface area contributed by atoms with Gasteiger partial charge in [-0.15, -0.1) is 0 Å². The summed E-state index contributed by atoms with van der Waals surface area (Å²) in [4.78, 5) is 4.20. The molecule has 0 aliphatic heterocycles. The normalized spacial score (nSPS) is 10.3. The lowest BCUT2D eigenvalue weighted by Crippen LogP contribution is -2.00. The fraction of sp³-hybridized carbons (Fsp3) is 0.154. The van der Waals surface area contributed by atoms with Gasteiger partial charge in [0.2, 0.25) is 0 Å². The Morgan fingerprint density at radius 2 is 2.12 bits per heavy atom. The quantitative estimate of drug-likeness (QED) is 0.876. The van der Waals surface area contributed by atoms with Crippen molar-refractivity contribution >= 4 is 23.1 Å². The highest BCUT2D eigenvalue weighted by atomic mass is 35.5. The summed E-state index contributed by atoms with van der Waals surface area (Å²) >= 11 is 6.04. The molecule has 4 heteroatoms. The van der Waals surface area contributed by atoms with E-state index in [0.29, 0.717) is 10.8 Å². The smallest absolute Gasteiger partial charge is 0.135 e. The predicted octanol–water partition coefficient (Wildman–Crippen LogP) is 3.28. The molecule has 0 aliphatic rings. The third-order valence-corrected chi connectivity index (χ3v) is 2.99. The average Bonchev–Trinajstić information content (AvgIpc) is 2.35. The van der Waals surface area contributed by atoms with E-state index < -0.39 is 0 Å². The third kappa shape index (κ3) is 2.57. The van der Waals surface area contributed by atoms with Gasteiger partial charge in [-0.05, 0) is 30.7 Å². The van der Waals surface area contributed by atoms with Crippen LogP contribution < -0.4 is 5.32 Å². The van der Waals surface area contributed by atoms with Gasteiger partial charge in [-0.25, -0.2) is 4.98 Å². The van der Waals surface area contributed by atoms with E-state index in [1.165, 1.54) is 0 Å². The Kier molecular flexibility index (Phi) is 3.61. The zero-order valence-electron chi connectivity index (χ0n) is 9.44. The standard InChI is InChI=1S/C13H13ClN2O/c1-9-11(14)5-2-6-12(9)16-13-10(8-17)4-3-7-15-13/h2-7,17H,8H2,1H3,(H,15,16). The van der Waals surface area contributed by atoms with Crippen LogP contribution >= 0.6 is 11.6 Å². The Bertz CT molecular complexity index is 529. The Balaban J connectivity index is 2.35. The maximum absolute atomic E-state index is 9.21. The van der Waals surface area contributed by atoms with Gasteiger partial charge in [-0.1, -0.05) is 23.7 Å². The molecule has 1 aromatic carbocycles. The molecule has 17 heavy (non-hydrogen) atoms. The van der Waals surface area contributed by atoms with Crippen molar-refractivity contribution in [3.63, 3.8) is 0 Å². The van der Waals surface area contributed by atoms with Gasteiger partial charge in [0, 0.05) is 22.5 Å². The van der Waals surface area contributed by atoms with Gasteiger partial charge in [0.25, 0.3) is 0 Å². The first kappa shape index (κ1) is 11.9. The molecule has 2 rings (SSSR count). The van der Waals surface area contributed by atoms with Crippen molar-refractivity contribution in [3.05, 3.63) is 52.7 Å². The molecule has 1 aromatic heterocycles. The van der Waals surface area contributed by atoms with Crippen LogP contribution in [0.25, 0.3) is 0 Å². The number of pyridine rings is 1. The van der Waals surface area contributed by atoms with E-state index in [4.69, 9.17) is 11.6 Å². The highest BCUT2D eigenvalue weighted by Gasteiger charge is 2.06. The molecule has 2 N–H and O–H groups in total. The zero-order valence-corrected chi connectivity index (χ0v) is 10.2. The second-order valence-electron chi connectivity index (χ2n) is 3.71. The number of aliphatic hydroxyl groups is 1. The van der Waals surface area contributed by atoms with Crippen molar-refractivity contribution in [2.45, 2.75) is 13.5 Å². The summed E-state index contributed by atoms with van der Waals surface area (Å²) in [5.41, 5.74) is 2.61. The van der Waals surface area contributed by atoms with Crippen LogP contribution in [-0.2, 0) is 6.61 Å². The predicted molar refractivity (Wildman–Crippen MR) is 69.6 cm³/mol. The molecule has 0 unspecified atom stereocenters. The number of rotatable bonds is 3. The number of aromatic nitrogens is 1. The van der Waals surface area contributed by atoms with Gasteiger partial charge in [-0.2, -0.15) is 0 Å². The Hall–Kier alpha value is -1.58. The van der Waals surface area contributed by atoms with Crippen LogP contribution in [0.3, 0.4) is 0 Å². The van der Waals surface area contributed by atoms with Gasteiger partial charge < -0.3 is 10.4 Å². The first-order chi connectivity index (χ1) is 8.22. The molecule has 0 saturated carbocycles. The van der Waals surface area contributed by atoms with Crippen molar-refractivity contribution in [1.82, 2.24) is 4.98 Å². The minimum Gasteiger partial charge on any atom is -0.392 e. The van der Waals surface area contributed by atoms with Crippen molar-refractivity contribution in [1.29, 1.82) is 0 Å². The van der Waals surface area contributed by atoms with Crippen molar-refractivity contribution in [2.24, 2.45) is 0 Å². The number of hydrogen-bond donors (Lipinski definition) is 2. The summed E-state index contributed by atoms with van der Waals surface area (Å²) in [5, 5.41) is 13.1. The molecule has 0 spiro atoms. The topological polar surface area (TPSA) is 45.2 Å².